The summed E-state index contributed by atoms with van der Waals surface area (Å²) in [5.74, 6) is -0.915. The first-order valence-corrected chi connectivity index (χ1v) is 5.64. The van der Waals surface area contributed by atoms with Crippen molar-refractivity contribution in [3.8, 4) is 5.82 Å². The van der Waals surface area contributed by atoms with Crippen LogP contribution in [0.2, 0.25) is 0 Å². The molecular weight excluding hydrogens is 322 g/mol. The van der Waals surface area contributed by atoms with Crippen molar-refractivity contribution in [1.82, 2.24) is 19.7 Å². The van der Waals surface area contributed by atoms with Crippen LogP contribution in [0.5, 0.6) is 0 Å². The molecule has 98 valence electrons. The van der Waals surface area contributed by atoms with E-state index in [1.807, 2.05) is 0 Å². The summed E-state index contributed by atoms with van der Waals surface area (Å²) >= 11 is 3.03. The molecule has 0 saturated heterocycles. The van der Waals surface area contributed by atoms with Crippen LogP contribution < -0.4 is 0 Å². The number of pyridine rings is 1. The highest BCUT2D eigenvalue weighted by molar-refractivity contribution is 9.10. The monoisotopic (exact) mass is 327 g/mol. The van der Waals surface area contributed by atoms with Crippen LogP contribution in [0, 0.1) is 10.1 Å². The number of nitro groups is 1. The van der Waals surface area contributed by atoms with Crippen molar-refractivity contribution in [3.63, 3.8) is 0 Å². The van der Waals surface area contributed by atoms with Gasteiger partial charge in [0.2, 0.25) is 0 Å². The lowest BCUT2D eigenvalue weighted by Crippen LogP contribution is -2.06. The molecule has 0 saturated carbocycles. The Bertz CT molecular complexity index is 656. The number of halogens is 1. The van der Waals surface area contributed by atoms with E-state index in [0.29, 0.717) is 0 Å². The van der Waals surface area contributed by atoms with E-state index in [0.717, 1.165) is 4.68 Å². The van der Waals surface area contributed by atoms with Crippen LogP contribution >= 0.6 is 15.9 Å². The Hall–Kier alpha value is -2.36. The molecule has 0 aliphatic heterocycles. The van der Waals surface area contributed by atoms with Crippen LogP contribution in [-0.4, -0.2) is 37.8 Å². The van der Waals surface area contributed by atoms with Crippen LogP contribution in [0.15, 0.2) is 23.1 Å². The lowest BCUT2D eigenvalue weighted by atomic mass is 10.2. The summed E-state index contributed by atoms with van der Waals surface area (Å²) in [4.78, 5) is 28.8. The van der Waals surface area contributed by atoms with Gasteiger partial charge in [-0.1, -0.05) is 0 Å². The topological polar surface area (TPSA) is 113 Å². The van der Waals surface area contributed by atoms with E-state index in [-0.39, 0.29) is 16.1 Å². The molecule has 0 spiro atoms. The average Bonchev–Trinajstić information content (AvgIpc) is 2.80. The van der Waals surface area contributed by atoms with Crippen molar-refractivity contribution < 1.29 is 14.5 Å². The van der Waals surface area contributed by atoms with E-state index < -0.39 is 16.8 Å². The van der Waals surface area contributed by atoms with Gasteiger partial charge in [0.25, 0.3) is 4.73 Å². The second-order valence-electron chi connectivity index (χ2n) is 3.24. The third-order valence-electron chi connectivity index (χ3n) is 2.10. The zero-order chi connectivity index (χ0) is 14.0. The number of ether oxygens (including phenoxy) is 1. The van der Waals surface area contributed by atoms with E-state index in [1.165, 1.54) is 25.4 Å². The molecule has 0 aliphatic rings. The first kappa shape index (κ1) is 13.1. The number of hydrogen-bond donors (Lipinski definition) is 0. The summed E-state index contributed by atoms with van der Waals surface area (Å²) in [6, 6.07) is 2.84. The van der Waals surface area contributed by atoms with Gasteiger partial charge in [-0.05, 0) is 22.0 Å². The van der Waals surface area contributed by atoms with Crippen LogP contribution in [0.4, 0.5) is 5.95 Å². The van der Waals surface area contributed by atoms with Crippen molar-refractivity contribution in [2.24, 2.45) is 0 Å². The third-order valence-corrected chi connectivity index (χ3v) is 2.62. The van der Waals surface area contributed by atoms with Gasteiger partial charge >= 0.3 is 11.9 Å². The van der Waals surface area contributed by atoms with E-state index in [1.54, 1.807) is 0 Å². The van der Waals surface area contributed by atoms with Crippen LogP contribution in [-0.2, 0) is 4.74 Å². The standard InChI is InChI=1S/C9H6BrN5O4/c1-19-7(16)5-2-3-11-6(4-5)14-8(10)12-9(13-14)15(17)18/h2-4H,1H3. The lowest BCUT2D eigenvalue weighted by Gasteiger charge is -2.00. The molecule has 19 heavy (non-hydrogen) atoms. The van der Waals surface area contributed by atoms with Gasteiger partial charge in [-0.25, -0.2) is 9.78 Å². The molecular formula is C9H6BrN5O4. The molecule has 0 atom stereocenters. The van der Waals surface area contributed by atoms with E-state index in [2.05, 4.69) is 35.7 Å². The summed E-state index contributed by atoms with van der Waals surface area (Å²) in [5, 5.41) is 14.2. The van der Waals surface area contributed by atoms with Crippen LogP contribution in [0.3, 0.4) is 0 Å². The molecule has 2 aromatic heterocycles. The lowest BCUT2D eigenvalue weighted by molar-refractivity contribution is -0.394. The maximum absolute atomic E-state index is 11.4. The molecule has 0 fully saturated rings. The molecule has 0 amide bonds. The predicted octanol–water partition coefficient (Wildman–Crippen LogP) is 1.12. The molecule has 2 heterocycles. The Balaban J connectivity index is 2.47. The van der Waals surface area contributed by atoms with Crippen LogP contribution in [0.25, 0.3) is 5.82 Å². The molecule has 9 nitrogen and oxygen atoms in total. The number of hydrogen-bond acceptors (Lipinski definition) is 7. The molecule has 0 unspecified atom stereocenters. The van der Waals surface area contributed by atoms with Crippen molar-refractivity contribution in [1.29, 1.82) is 0 Å². The largest absolute Gasteiger partial charge is 0.492 e. The number of carbonyl (C=O) groups excluding carboxylic acids is 1. The number of esters is 1. The zero-order valence-electron chi connectivity index (χ0n) is 9.48. The third kappa shape index (κ3) is 2.57. The first-order chi connectivity index (χ1) is 9.02. The van der Waals surface area contributed by atoms with Gasteiger partial charge in [0.05, 0.1) is 12.7 Å². The Labute approximate surface area is 114 Å². The van der Waals surface area contributed by atoms with E-state index in [9.17, 15) is 14.9 Å². The Morgan fingerprint density at radius 1 is 1.58 bits per heavy atom. The summed E-state index contributed by atoms with van der Waals surface area (Å²) in [6.45, 7) is 0. The Morgan fingerprint density at radius 2 is 2.32 bits per heavy atom. The minimum absolute atomic E-state index is 0.105. The van der Waals surface area contributed by atoms with Gasteiger partial charge in [0.1, 0.15) is 0 Å². The number of rotatable bonds is 3. The first-order valence-electron chi connectivity index (χ1n) is 4.84. The molecule has 2 aromatic rings. The normalized spacial score (nSPS) is 10.2. The molecule has 0 N–H and O–H groups in total. The highest BCUT2D eigenvalue weighted by Crippen LogP contribution is 2.17. The summed E-state index contributed by atoms with van der Waals surface area (Å²) in [7, 11) is 1.25. The fourth-order valence-corrected chi connectivity index (χ4v) is 1.70. The van der Waals surface area contributed by atoms with Gasteiger partial charge in [-0.2, -0.15) is 0 Å². The number of carbonyl (C=O) groups is 1. The summed E-state index contributed by atoms with van der Waals surface area (Å²) in [5.41, 5.74) is 0.248. The van der Waals surface area contributed by atoms with Gasteiger partial charge < -0.3 is 14.9 Å². The smallest absolute Gasteiger partial charge is 0.465 e. The highest BCUT2D eigenvalue weighted by atomic mass is 79.9. The predicted molar refractivity (Wildman–Crippen MR) is 64.8 cm³/mol. The Kier molecular flexibility index (Phi) is 3.51. The van der Waals surface area contributed by atoms with Gasteiger partial charge in [0, 0.05) is 27.2 Å². The number of nitrogens with zero attached hydrogens (tertiary/aromatic N) is 5. The zero-order valence-corrected chi connectivity index (χ0v) is 11.1. The maximum atomic E-state index is 11.4. The van der Waals surface area contributed by atoms with Crippen molar-refractivity contribution in [2.75, 3.05) is 7.11 Å². The van der Waals surface area contributed by atoms with E-state index in [4.69, 9.17) is 0 Å². The Morgan fingerprint density at radius 3 is 2.89 bits per heavy atom. The summed E-state index contributed by atoms with van der Waals surface area (Å²) in [6.07, 6.45) is 1.36. The second-order valence-corrected chi connectivity index (χ2v) is 3.95. The SMILES string of the molecule is COC(=O)c1ccnc(-n2nc([N+](=O)[O-])nc2Br)c1. The fraction of sp³-hybridized carbons (Fsp3) is 0.111. The number of methoxy groups -OCH3 is 1. The fourth-order valence-electron chi connectivity index (χ4n) is 1.29. The highest BCUT2D eigenvalue weighted by Gasteiger charge is 2.22. The minimum Gasteiger partial charge on any atom is -0.465 e. The molecule has 0 aromatic carbocycles. The maximum Gasteiger partial charge on any atom is 0.492 e. The van der Waals surface area contributed by atoms with E-state index >= 15 is 0 Å². The number of aromatic nitrogens is 4. The van der Waals surface area contributed by atoms with Crippen LogP contribution in [0.1, 0.15) is 10.4 Å². The van der Waals surface area contributed by atoms with Crippen molar-refractivity contribution in [2.45, 2.75) is 0 Å². The van der Waals surface area contributed by atoms with Gasteiger partial charge in [0.15, 0.2) is 5.82 Å². The second kappa shape index (κ2) is 5.10. The summed E-state index contributed by atoms with van der Waals surface area (Å²) < 4.78 is 5.78. The van der Waals surface area contributed by atoms with Crippen molar-refractivity contribution >= 4 is 27.8 Å². The average molecular weight is 328 g/mol. The molecule has 0 radical (unpaired) electrons. The minimum atomic E-state index is -0.731. The van der Waals surface area contributed by atoms with Gasteiger partial charge in [-0.15, -0.1) is 4.68 Å². The van der Waals surface area contributed by atoms with Gasteiger partial charge in [-0.3, -0.25) is 0 Å². The molecule has 0 bridgehead atoms. The molecule has 0 aliphatic carbocycles. The quantitative estimate of drug-likeness (QED) is 0.471. The molecule has 10 heteroatoms. The molecule has 2 rings (SSSR count). The van der Waals surface area contributed by atoms with Crippen molar-refractivity contribution in [3.05, 3.63) is 38.7 Å².